The number of benzene rings is 1. The zero-order valence-corrected chi connectivity index (χ0v) is 10.9. The maximum Gasteiger partial charge on any atom is 0.419 e. The highest BCUT2D eigenvalue weighted by molar-refractivity contribution is 5.95. The van der Waals surface area contributed by atoms with Gasteiger partial charge in [-0.2, -0.15) is 18.4 Å². The van der Waals surface area contributed by atoms with Crippen LogP contribution >= 0.6 is 0 Å². The number of alkyl halides is 3. The zero-order chi connectivity index (χ0) is 15.7. The number of halogens is 4. The molecule has 21 heavy (non-hydrogen) atoms. The van der Waals surface area contributed by atoms with Crippen LogP contribution in [0.15, 0.2) is 18.2 Å². The van der Waals surface area contributed by atoms with Gasteiger partial charge in [-0.05, 0) is 37.8 Å². The molecule has 0 spiro atoms. The Balaban J connectivity index is 2.31. The lowest BCUT2D eigenvalue weighted by Crippen LogP contribution is -2.45. The Hall–Kier alpha value is -2.10. The standard InChI is InChI=1S/C14H12F4N2O/c15-11-9(4-3-5-10(11)14(16,17)18)12(21)20-13(8-19)6-1-2-7-13/h3-5H,1-2,6-7H2,(H,20,21). The van der Waals surface area contributed by atoms with Gasteiger partial charge in [-0.15, -0.1) is 0 Å². The molecule has 0 aromatic heterocycles. The molecule has 1 amide bonds. The molecule has 3 nitrogen and oxygen atoms in total. The van der Waals surface area contributed by atoms with Gasteiger partial charge < -0.3 is 5.32 Å². The molecule has 112 valence electrons. The van der Waals surface area contributed by atoms with Gasteiger partial charge in [0.1, 0.15) is 11.4 Å². The summed E-state index contributed by atoms with van der Waals surface area (Å²) >= 11 is 0. The van der Waals surface area contributed by atoms with Gasteiger partial charge in [-0.1, -0.05) is 6.07 Å². The largest absolute Gasteiger partial charge is 0.419 e. The second kappa shape index (κ2) is 5.35. The van der Waals surface area contributed by atoms with E-state index in [-0.39, 0.29) is 0 Å². The van der Waals surface area contributed by atoms with Gasteiger partial charge in [0.15, 0.2) is 0 Å². The quantitative estimate of drug-likeness (QED) is 0.851. The number of carbonyl (C=O) groups is 1. The molecule has 1 aliphatic rings. The van der Waals surface area contributed by atoms with Crippen molar-refractivity contribution in [1.29, 1.82) is 5.26 Å². The van der Waals surface area contributed by atoms with E-state index in [9.17, 15) is 22.4 Å². The number of nitrogens with one attached hydrogen (secondary N) is 1. The molecule has 0 bridgehead atoms. The first-order chi connectivity index (χ1) is 9.79. The normalized spacial score (nSPS) is 17.3. The van der Waals surface area contributed by atoms with Crippen LogP contribution in [0.25, 0.3) is 0 Å². The second-order valence-corrected chi connectivity index (χ2v) is 5.02. The minimum absolute atomic E-state index is 0.413. The Morgan fingerprint density at radius 1 is 1.29 bits per heavy atom. The Kier molecular flexibility index (Phi) is 3.90. The van der Waals surface area contributed by atoms with Crippen molar-refractivity contribution in [1.82, 2.24) is 5.32 Å². The van der Waals surface area contributed by atoms with Crippen molar-refractivity contribution in [3.8, 4) is 6.07 Å². The lowest BCUT2D eigenvalue weighted by atomic mass is 9.98. The highest BCUT2D eigenvalue weighted by Gasteiger charge is 2.38. The summed E-state index contributed by atoms with van der Waals surface area (Å²) in [6, 6.07) is 4.48. The van der Waals surface area contributed by atoms with Crippen molar-refractivity contribution in [2.75, 3.05) is 0 Å². The number of amides is 1. The van der Waals surface area contributed by atoms with Crippen LogP contribution in [0.4, 0.5) is 17.6 Å². The maximum absolute atomic E-state index is 13.9. The molecule has 0 saturated heterocycles. The molecule has 7 heteroatoms. The number of nitriles is 1. The number of carbonyl (C=O) groups excluding carboxylic acids is 1. The van der Waals surface area contributed by atoms with Crippen molar-refractivity contribution < 1.29 is 22.4 Å². The predicted octanol–water partition coefficient (Wildman–Crippen LogP) is 3.41. The minimum Gasteiger partial charge on any atom is -0.334 e. The van der Waals surface area contributed by atoms with Crippen molar-refractivity contribution in [2.45, 2.75) is 37.4 Å². The smallest absolute Gasteiger partial charge is 0.334 e. The first-order valence-electron chi connectivity index (χ1n) is 6.38. The van der Waals surface area contributed by atoms with Gasteiger partial charge in [-0.25, -0.2) is 4.39 Å². The topological polar surface area (TPSA) is 52.9 Å². The molecule has 1 fully saturated rings. The summed E-state index contributed by atoms with van der Waals surface area (Å²) in [6.45, 7) is 0. The summed E-state index contributed by atoms with van der Waals surface area (Å²) in [5, 5.41) is 11.5. The second-order valence-electron chi connectivity index (χ2n) is 5.02. The fourth-order valence-corrected chi connectivity index (χ4v) is 2.45. The maximum atomic E-state index is 13.9. The Labute approximate surface area is 118 Å². The lowest BCUT2D eigenvalue weighted by molar-refractivity contribution is -0.140. The summed E-state index contributed by atoms with van der Waals surface area (Å²) < 4.78 is 51.7. The van der Waals surface area contributed by atoms with E-state index in [4.69, 9.17) is 5.26 Å². The van der Waals surface area contributed by atoms with Crippen LogP contribution < -0.4 is 5.32 Å². The van der Waals surface area contributed by atoms with E-state index in [1.54, 1.807) is 0 Å². The van der Waals surface area contributed by atoms with E-state index >= 15 is 0 Å². The number of hydrogen-bond acceptors (Lipinski definition) is 2. The number of hydrogen-bond donors (Lipinski definition) is 1. The highest BCUT2D eigenvalue weighted by Crippen LogP contribution is 2.33. The fraction of sp³-hybridized carbons (Fsp3) is 0.429. The third-order valence-electron chi connectivity index (χ3n) is 3.57. The average molecular weight is 300 g/mol. The molecule has 1 aliphatic carbocycles. The molecular formula is C14H12F4N2O. The van der Waals surface area contributed by atoms with Gasteiger partial charge in [0.2, 0.25) is 0 Å². The summed E-state index contributed by atoms with van der Waals surface area (Å²) in [5.41, 5.74) is -3.31. The molecule has 0 aliphatic heterocycles. The lowest BCUT2D eigenvalue weighted by Gasteiger charge is -2.22. The Morgan fingerprint density at radius 2 is 1.90 bits per heavy atom. The molecule has 0 radical (unpaired) electrons. The van der Waals surface area contributed by atoms with Crippen LogP contribution in [0, 0.1) is 17.1 Å². The Morgan fingerprint density at radius 3 is 2.43 bits per heavy atom. The summed E-state index contributed by atoms with van der Waals surface area (Å²) in [5.74, 6) is -2.62. The summed E-state index contributed by atoms with van der Waals surface area (Å²) in [6.07, 6.45) is -2.58. The number of rotatable bonds is 2. The third kappa shape index (κ3) is 2.99. The van der Waals surface area contributed by atoms with Gasteiger partial charge in [0.25, 0.3) is 5.91 Å². The van der Waals surface area contributed by atoms with Crippen molar-refractivity contribution >= 4 is 5.91 Å². The molecule has 1 aromatic rings. The highest BCUT2D eigenvalue weighted by atomic mass is 19.4. The van der Waals surface area contributed by atoms with Gasteiger partial charge in [0.05, 0.1) is 17.2 Å². The van der Waals surface area contributed by atoms with E-state index in [1.807, 2.05) is 6.07 Å². The monoisotopic (exact) mass is 300 g/mol. The first kappa shape index (κ1) is 15.3. The van der Waals surface area contributed by atoms with E-state index in [0.717, 1.165) is 25.0 Å². The first-order valence-corrected chi connectivity index (χ1v) is 6.38. The van der Waals surface area contributed by atoms with Crippen LogP contribution in [-0.4, -0.2) is 11.4 Å². The van der Waals surface area contributed by atoms with E-state index in [0.29, 0.717) is 18.9 Å². The molecule has 0 atom stereocenters. The van der Waals surface area contributed by atoms with Crippen molar-refractivity contribution in [3.05, 3.63) is 35.1 Å². The van der Waals surface area contributed by atoms with E-state index in [1.165, 1.54) is 0 Å². The molecule has 2 rings (SSSR count). The molecule has 0 unspecified atom stereocenters. The molecule has 0 heterocycles. The van der Waals surface area contributed by atoms with Gasteiger partial charge in [0, 0.05) is 0 Å². The average Bonchev–Trinajstić information content (AvgIpc) is 2.86. The summed E-state index contributed by atoms with van der Waals surface area (Å²) in [7, 11) is 0. The SMILES string of the molecule is N#CC1(NC(=O)c2cccc(C(F)(F)F)c2F)CCCC1. The minimum atomic E-state index is -4.87. The van der Waals surface area contributed by atoms with E-state index in [2.05, 4.69) is 5.32 Å². The van der Waals surface area contributed by atoms with Crippen LogP contribution in [0.3, 0.4) is 0 Å². The molecule has 1 N–H and O–H groups in total. The molecule has 1 aromatic carbocycles. The number of nitrogens with zero attached hydrogens (tertiary/aromatic N) is 1. The van der Waals surface area contributed by atoms with Crippen LogP contribution in [0.2, 0.25) is 0 Å². The van der Waals surface area contributed by atoms with Crippen LogP contribution in [0.1, 0.15) is 41.6 Å². The Bertz CT molecular complexity index is 598. The van der Waals surface area contributed by atoms with Gasteiger partial charge in [-0.3, -0.25) is 4.79 Å². The predicted molar refractivity (Wildman–Crippen MR) is 65.7 cm³/mol. The summed E-state index contributed by atoms with van der Waals surface area (Å²) in [4.78, 5) is 12.0. The van der Waals surface area contributed by atoms with E-state index < -0.39 is 34.6 Å². The molecular weight excluding hydrogens is 288 g/mol. The third-order valence-corrected chi connectivity index (χ3v) is 3.57. The zero-order valence-electron chi connectivity index (χ0n) is 10.9. The van der Waals surface area contributed by atoms with Crippen molar-refractivity contribution in [3.63, 3.8) is 0 Å². The van der Waals surface area contributed by atoms with Crippen molar-refractivity contribution in [2.24, 2.45) is 0 Å². The fourth-order valence-electron chi connectivity index (χ4n) is 2.45. The van der Waals surface area contributed by atoms with Crippen LogP contribution in [0.5, 0.6) is 0 Å². The van der Waals surface area contributed by atoms with Gasteiger partial charge >= 0.3 is 6.18 Å². The molecule has 1 saturated carbocycles. The van der Waals surface area contributed by atoms with Crippen LogP contribution in [-0.2, 0) is 6.18 Å².